The smallest absolute Gasteiger partial charge is 0.339 e. The molecule has 4 nitrogen and oxygen atoms in total. The van der Waals surface area contributed by atoms with E-state index in [-0.39, 0.29) is 16.7 Å². The van der Waals surface area contributed by atoms with Crippen LogP contribution in [0.25, 0.3) is 11.1 Å². The molecule has 4 heteroatoms. The molecule has 3 rings (SSSR count). The molecule has 2 aliphatic rings. The number of carbonyl (C=O) groups excluding carboxylic acids is 2. The zero-order valence-corrected chi connectivity index (χ0v) is 12.3. The normalized spacial score (nSPS) is 9.68. The maximum atomic E-state index is 11.4. The Kier molecular flexibility index (Phi) is 4.60. The lowest BCUT2D eigenvalue weighted by Gasteiger charge is -2.06. The second kappa shape index (κ2) is 6.59. The van der Waals surface area contributed by atoms with Gasteiger partial charge in [-0.25, -0.2) is 9.59 Å². The summed E-state index contributed by atoms with van der Waals surface area (Å²) in [6.07, 6.45) is 5.27. The average Bonchev–Trinajstić information content (AvgIpc) is 3.18. The molecule has 110 valence electrons. The highest BCUT2D eigenvalue weighted by atomic mass is 16.5. The second-order valence-electron chi connectivity index (χ2n) is 4.44. The van der Waals surface area contributed by atoms with Gasteiger partial charge in [-0.1, -0.05) is 30.2 Å². The van der Waals surface area contributed by atoms with Crippen LogP contribution in [0.5, 0.6) is 0 Å². The Hall–Kier alpha value is -3.06. The molecule has 0 aromatic heterocycles. The summed E-state index contributed by atoms with van der Waals surface area (Å²) in [7, 11) is 2.49. The number of ether oxygens (including phenoxy) is 2. The van der Waals surface area contributed by atoms with E-state index in [0.717, 1.165) is 0 Å². The van der Waals surface area contributed by atoms with E-state index in [0.29, 0.717) is 0 Å². The molecule has 0 amide bonds. The summed E-state index contributed by atoms with van der Waals surface area (Å²) >= 11 is 0. The van der Waals surface area contributed by atoms with Crippen LogP contribution in [-0.4, -0.2) is 26.2 Å². The first kappa shape index (κ1) is 15.3. The first-order valence-corrected chi connectivity index (χ1v) is 6.49. The number of hydrogen-bond acceptors (Lipinski definition) is 4. The van der Waals surface area contributed by atoms with Crippen molar-refractivity contribution in [1.82, 2.24) is 0 Å². The lowest BCUT2D eigenvalue weighted by atomic mass is 10.0. The van der Waals surface area contributed by atoms with Crippen LogP contribution in [-0.2, 0) is 9.47 Å². The largest absolute Gasteiger partial charge is 0.465 e. The molecule has 1 aromatic rings. The monoisotopic (exact) mass is 294 g/mol. The number of hydrogen-bond donors (Lipinski definition) is 0. The molecule has 0 aliphatic heterocycles. The third kappa shape index (κ3) is 3.15. The molecule has 0 radical (unpaired) electrons. The fourth-order valence-corrected chi connectivity index (χ4v) is 1.94. The van der Waals surface area contributed by atoms with Crippen LogP contribution in [0.1, 0.15) is 26.3 Å². The Bertz CT molecular complexity index is 717. The number of fused-ring (bicyclic) bond motifs is 1. The minimum atomic E-state index is -0.585. The van der Waals surface area contributed by atoms with Gasteiger partial charge < -0.3 is 9.47 Å². The van der Waals surface area contributed by atoms with E-state index in [2.05, 4.69) is 39.7 Å². The van der Waals surface area contributed by atoms with E-state index in [9.17, 15) is 9.59 Å². The van der Waals surface area contributed by atoms with Gasteiger partial charge in [-0.3, -0.25) is 0 Å². The molecule has 0 unspecified atom stereocenters. The van der Waals surface area contributed by atoms with Crippen LogP contribution in [0.3, 0.4) is 0 Å². The molecule has 0 heterocycles. The van der Waals surface area contributed by atoms with Crippen molar-refractivity contribution in [1.29, 1.82) is 0 Å². The third-order valence-electron chi connectivity index (χ3n) is 3.13. The van der Waals surface area contributed by atoms with Gasteiger partial charge in [0, 0.05) is 0 Å². The second-order valence-corrected chi connectivity index (χ2v) is 4.44. The van der Waals surface area contributed by atoms with Crippen molar-refractivity contribution in [2.24, 2.45) is 0 Å². The summed E-state index contributed by atoms with van der Waals surface area (Å²) in [4.78, 5) is 22.8. The van der Waals surface area contributed by atoms with Crippen LogP contribution >= 0.6 is 0 Å². The van der Waals surface area contributed by atoms with E-state index in [1.807, 2.05) is 0 Å². The van der Waals surface area contributed by atoms with Crippen molar-refractivity contribution < 1.29 is 19.1 Å². The number of rotatable bonds is 2. The van der Waals surface area contributed by atoms with Gasteiger partial charge in [-0.05, 0) is 29.3 Å². The van der Waals surface area contributed by atoms with Crippen molar-refractivity contribution in [2.45, 2.75) is 0 Å². The van der Waals surface area contributed by atoms with Gasteiger partial charge in [0.25, 0.3) is 0 Å². The molecule has 0 N–H and O–H groups in total. The Morgan fingerprint density at radius 2 is 1.36 bits per heavy atom. The molecular formula is C18H14O4. The van der Waals surface area contributed by atoms with Gasteiger partial charge in [0.2, 0.25) is 0 Å². The maximum Gasteiger partial charge on any atom is 0.339 e. The lowest BCUT2D eigenvalue weighted by molar-refractivity contribution is 0.0598. The zero-order chi connectivity index (χ0) is 16.1. The summed E-state index contributed by atoms with van der Waals surface area (Å²) < 4.78 is 9.12. The number of terminal acetylenes is 1. The van der Waals surface area contributed by atoms with Gasteiger partial charge >= 0.3 is 11.9 Å². The zero-order valence-electron chi connectivity index (χ0n) is 12.3. The molecule has 1 aromatic carbocycles. The first-order valence-electron chi connectivity index (χ1n) is 6.49. The summed E-state index contributed by atoms with van der Waals surface area (Å²) in [5.41, 5.74) is 3.38. The van der Waals surface area contributed by atoms with E-state index in [1.54, 1.807) is 6.07 Å². The lowest BCUT2D eigenvalue weighted by Crippen LogP contribution is -2.10. The highest BCUT2D eigenvalue weighted by molar-refractivity contribution is 5.99. The highest BCUT2D eigenvalue weighted by Gasteiger charge is 2.18. The Balaban J connectivity index is 0.000000238. The van der Waals surface area contributed by atoms with E-state index in [4.69, 9.17) is 6.42 Å². The molecule has 0 atom stereocenters. The van der Waals surface area contributed by atoms with Crippen molar-refractivity contribution >= 4 is 11.9 Å². The van der Waals surface area contributed by atoms with Crippen LogP contribution in [0.4, 0.5) is 0 Å². The molecule has 0 saturated carbocycles. The first-order chi connectivity index (χ1) is 10.6. The molecule has 2 aliphatic carbocycles. The molecule has 0 fully saturated rings. The quantitative estimate of drug-likeness (QED) is 0.538. The van der Waals surface area contributed by atoms with E-state index >= 15 is 0 Å². The fourth-order valence-electron chi connectivity index (χ4n) is 1.94. The molecule has 22 heavy (non-hydrogen) atoms. The Morgan fingerprint density at radius 3 is 1.64 bits per heavy atom. The van der Waals surface area contributed by atoms with Crippen LogP contribution in [0.15, 0.2) is 42.5 Å². The minimum Gasteiger partial charge on any atom is -0.465 e. The summed E-state index contributed by atoms with van der Waals surface area (Å²) in [6.45, 7) is 0. The Morgan fingerprint density at radius 1 is 0.909 bits per heavy atom. The van der Waals surface area contributed by atoms with Crippen molar-refractivity contribution in [2.75, 3.05) is 14.2 Å². The standard InChI is InChI=1S/C12H10O4.C6H4/c1-4-8-9(11(13)15-2)6-5-7-10(8)12(14)16-3;1-2-5-4-6(5)3-1/h1,5-7H,2-3H3;1-4H. The number of methoxy groups -OCH3 is 2. The highest BCUT2D eigenvalue weighted by Crippen LogP contribution is 2.32. The van der Waals surface area contributed by atoms with Gasteiger partial charge in [0.05, 0.1) is 30.9 Å². The number of esters is 2. The number of benzene rings is 2. The molecule has 0 saturated heterocycles. The van der Waals surface area contributed by atoms with E-state index < -0.39 is 11.9 Å². The predicted molar refractivity (Wildman–Crippen MR) is 82.5 cm³/mol. The molecule has 0 spiro atoms. The number of carbonyl (C=O) groups is 2. The van der Waals surface area contributed by atoms with Crippen molar-refractivity contribution in [3.63, 3.8) is 0 Å². The topological polar surface area (TPSA) is 52.6 Å². The van der Waals surface area contributed by atoms with Gasteiger partial charge in [0.1, 0.15) is 0 Å². The van der Waals surface area contributed by atoms with Crippen molar-refractivity contribution in [3.8, 4) is 23.5 Å². The summed E-state index contributed by atoms with van der Waals surface area (Å²) in [5.74, 6) is 1.12. The predicted octanol–water partition coefficient (Wildman–Crippen LogP) is 2.91. The van der Waals surface area contributed by atoms with Gasteiger partial charge in [0.15, 0.2) is 0 Å². The van der Waals surface area contributed by atoms with Gasteiger partial charge in [-0.2, -0.15) is 0 Å². The van der Waals surface area contributed by atoms with Crippen LogP contribution in [0.2, 0.25) is 0 Å². The third-order valence-corrected chi connectivity index (χ3v) is 3.13. The maximum absolute atomic E-state index is 11.4. The SMILES string of the molecule is C#Cc1c(C(=O)OC)cccc1C(=O)OC.c1cc2cc-2c1. The van der Waals surface area contributed by atoms with Gasteiger partial charge in [-0.15, -0.1) is 6.42 Å². The molecule has 0 bridgehead atoms. The van der Waals surface area contributed by atoms with E-state index in [1.165, 1.54) is 37.5 Å². The fraction of sp³-hybridized carbons (Fsp3) is 0.111. The van der Waals surface area contributed by atoms with Crippen molar-refractivity contribution in [3.05, 3.63) is 59.2 Å². The summed E-state index contributed by atoms with van der Waals surface area (Å²) in [5, 5.41) is 0. The Labute approximate surface area is 128 Å². The minimum absolute atomic E-state index is 0.174. The average molecular weight is 294 g/mol. The summed E-state index contributed by atoms with van der Waals surface area (Å²) in [6, 6.07) is 13.0. The van der Waals surface area contributed by atoms with Crippen LogP contribution in [0, 0.1) is 12.3 Å². The molecular weight excluding hydrogens is 280 g/mol. The van der Waals surface area contributed by atoms with Crippen LogP contribution < -0.4 is 0 Å².